The fourth-order valence-electron chi connectivity index (χ4n) is 1.68. The number of nitriles is 1. The largest absolute Gasteiger partial charge is 0.416 e. The van der Waals surface area contributed by atoms with Gasteiger partial charge in [0.05, 0.1) is 22.5 Å². The zero-order valence-electron chi connectivity index (χ0n) is 10.3. The summed E-state index contributed by atoms with van der Waals surface area (Å²) in [4.78, 5) is 0. The molecule has 0 saturated carbocycles. The van der Waals surface area contributed by atoms with Crippen molar-refractivity contribution in [1.82, 2.24) is 0 Å². The Morgan fingerprint density at radius 3 is 2.33 bits per heavy atom. The SMILES string of the molecule is N#Cc1c(Br)cccc1Nc1cc(C(F)(F)F)ccc1Br. The van der Waals surface area contributed by atoms with E-state index in [0.29, 0.717) is 20.2 Å². The second kappa shape index (κ2) is 6.08. The van der Waals surface area contributed by atoms with E-state index in [2.05, 4.69) is 37.2 Å². The van der Waals surface area contributed by atoms with Crippen LogP contribution in [-0.2, 0) is 6.18 Å². The zero-order chi connectivity index (χ0) is 15.6. The maximum absolute atomic E-state index is 12.7. The first kappa shape index (κ1) is 15.9. The van der Waals surface area contributed by atoms with Crippen LogP contribution in [0, 0.1) is 11.3 Å². The predicted octanol–water partition coefficient (Wildman–Crippen LogP) is 5.85. The van der Waals surface area contributed by atoms with Crippen LogP contribution in [-0.4, -0.2) is 0 Å². The van der Waals surface area contributed by atoms with Gasteiger partial charge in [0.2, 0.25) is 0 Å². The van der Waals surface area contributed by atoms with E-state index in [4.69, 9.17) is 5.26 Å². The quantitative estimate of drug-likeness (QED) is 0.663. The lowest BCUT2D eigenvalue weighted by Crippen LogP contribution is -2.06. The summed E-state index contributed by atoms with van der Waals surface area (Å²) in [5, 5.41) is 12.0. The lowest BCUT2D eigenvalue weighted by molar-refractivity contribution is -0.137. The molecule has 7 heteroatoms. The molecular weight excluding hydrogens is 413 g/mol. The summed E-state index contributed by atoms with van der Waals surface area (Å²) in [5.41, 5.74) is 0.217. The van der Waals surface area contributed by atoms with Crippen LogP contribution in [0.1, 0.15) is 11.1 Å². The van der Waals surface area contributed by atoms with Gasteiger partial charge >= 0.3 is 6.18 Å². The number of anilines is 2. The average Bonchev–Trinajstić information content (AvgIpc) is 2.40. The van der Waals surface area contributed by atoms with Crippen molar-refractivity contribution >= 4 is 43.2 Å². The fourth-order valence-corrected chi connectivity index (χ4v) is 2.49. The minimum atomic E-state index is -4.42. The second-order valence-electron chi connectivity index (χ2n) is 4.09. The number of nitrogens with one attached hydrogen (secondary N) is 1. The molecule has 0 atom stereocenters. The van der Waals surface area contributed by atoms with Gasteiger partial charge in [0.25, 0.3) is 0 Å². The van der Waals surface area contributed by atoms with E-state index < -0.39 is 11.7 Å². The number of benzene rings is 2. The predicted molar refractivity (Wildman–Crippen MR) is 81.3 cm³/mol. The Balaban J connectivity index is 2.46. The van der Waals surface area contributed by atoms with Gasteiger partial charge in [-0.3, -0.25) is 0 Å². The Morgan fingerprint density at radius 2 is 1.71 bits per heavy atom. The van der Waals surface area contributed by atoms with Gasteiger partial charge in [-0.2, -0.15) is 18.4 Å². The molecule has 0 heterocycles. The van der Waals surface area contributed by atoms with E-state index in [-0.39, 0.29) is 5.69 Å². The lowest BCUT2D eigenvalue weighted by Gasteiger charge is -2.14. The second-order valence-corrected chi connectivity index (χ2v) is 5.80. The molecule has 0 bridgehead atoms. The topological polar surface area (TPSA) is 35.8 Å². The molecule has 2 nitrogen and oxygen atoms in total. The molecule has 21 heavy (non-hydrogen) atoms. The number of halogens is 5. The van der Waals surface area contributed by atoms with Crippen molar-refractivity contribution in [3.05, 3.63) is 56.5 Å². The molecule has 0 radical (unpaired) electrons. The first-order chi connectivity index (χ1) is 9.82. The van der Waals surface area contributed by atoms with Crippen molar-refractivity contribution in [2.45, 2.75) is 6.18 Å². The molecule has 2 aromatic rings. The number of hydrogen-bond acceptors (Lipinski definition) is 2. The Labute approximate surface area is 135 Å². The van der Waals surface area contributed by atoms with Crippen LogP contribution in [0.5, 0.6) is 0 Å². The van der Waals surface area contributed by atoms with Crippen molar-refractivity contribution in [2.75, 3.05) is 5.32 Å². The van der Waals surface area contributed by atoms with Gasteiger partial charge in [-0.05, 0) is 62.2 Å². The molecule has 0 saturated heterocycles. The van der Waals surface area contributed by atoms with Crippen molar-refractivity contribution in [3.63, 3.8) is 0 Å². The van der Waals surface area contributed by atoms with Gasteiger partial charge in [0.15, 0.2) is 0 Å². The highest BCUT2D eigenvalue weighted by Gasteiger charge is 2.31. The van der Waals surface area contributed by atoms with Gasteiger partial charge in [0, 0.05) is 8.95 Å². The summed E-state index contributed by atoms with van der Waals surface area (Å²) < 4.78 is 39.3. The Hall–Kier alpha value is -1.52. The van der Waals surface area contributed by atoms with Gasteiger partial charge in [0.1, 0.15) is 6.07 Å². The third kappa shape index (κ3) is 3.57. The van der Waals surface area contributed by atoms with Crippen molar-refractivity contribution < 1.29 is 13.2 Å². The summed E-state index contributed by atoms with van der Waals surface area (Å²) in [6.45, 7) is 0. The Morgan fingerprint density at radius 1 is 1.00 bits per heavy atom. The molecule has 1 N–H and O–H groups in total. The van der Waals surface area contributed by atoms with E-state index >= 15 is 0 Å². The van der Waals surface area contributed by atoms with Crippen LogP contribution in [0.2, 0.25) is 0 Å². The summed E-state index contributed by atoms with van der Waals surface area (Å²) in [5.74, 6) is 0. The van der Waals surface area contributed by atoms with Crippen molar-refractivity contribution in [2.24, 2.45) is 0 Å². The molecular formula is C14H7Br2F3N2. The number of nitrogens with zero attached hydrogens (tertiary/aromatic N) is 1. The van der Waals surface area contributed by atoms with Crippen LogP contribution in [0.25, 0.3) is 0 Å². The van der Waals surface area contributed by atoms with Crippen LogP contribution in [0.15, 0.2) is 45.3 Å². The third-order valence-electron chi connectivity index (χ3n) is 2.69. The van der Waals surface area contributed by atoms with Crippen LogP contribution in [0.3, 0.4) is 0 Å². The molecule has 0 fully saturated rings. The van der Waals surface area contributed by atoms with Gasteiger partial charge in [-0.25, -0.2) is 0 Å². The monoisotopic (exact) mass is 418 g/mol. The Kier molecular flexibility index (Phi) is 4.59. The summed E-state index contributed by atoms with van der Waals surface area (Å²) >= 11 is 6.43. The summed E-state index contributed by atoms with van der Waals surface area (Å²) in [6.07, 6.45) is -4.42. The smallest absolute Gasteiger partial charge is 0.353 e. The highest BCUT2D eigenvalue weighted by Crippen LogP contribution is 2.36. The Bertz CT molecular complexity index is 721. The standard InChI is InChI=1S/C14H7Br2F3N2/c15-10-2-1-3-12(9(10)7-20)21-13-6-8(14(17,18)19)4-5-11(13)16/h1-6,21H. The first-order valence-corrected chi connectivity index (χ1v) is 7.24. The highest BCUT2D eigenvalue weighted by atomic mass is 79.9. The third-order valence-corrected chi connectivity index (χ3v) is 4.04. The van der Waals surface area contributed by atoms with Crippen LogP contribution in [0.4, 0.5) is 24.5 Å². The molecule has 2 aromatic carbocycles. The van der Waals surface area contributed by atoms with Crippen molar-refractivity contribution in [3.8, 4) is 6.07 Å². The molecule has 0 aliphatic heterocycles. The van der Waals surface area contributed by atoms with Crippen LogP contribution >= 0.6 is 31.9 Å². The molecule has 0 aliphatic carbocycles. The van der Waals surface area contributed by atoms with E-state index in [1.807, 2.05) is 6.07 Å². The van der Waals surface area contributed by atoms with E-state index in [1.54, 1.807) is 18.2 Å². The summed E-state index contributed by atoms with van der Waals surface area (Å²) in [7, 11) is 0. The summed E-state index contributed by atoms with van der Waals surface area (Å²) in [6, 6.07) is 10.3. The average molecular weight is 420 g/mol. The minimum Gasteiger partial charge on any atom is -0.353 e. The lowest BCUT2D eigenvalue weighted by atomic mass is 10.1. The maximum atomic E-state index is 12.7. The van der Waals surface area contributed by atoms with Gasteiger partial charge < -0.3 is 5.32 Å². The van der Waals surface area contributed by atoms with E-state index in [1.165, 1.54) is 6.07 Å². The van der Waals surface area contributed by atoms with E-state index in [9.17, 15) is 13.2 Å². The van der Waals surface area contributed by atoms with Gasteiger partial charge in [-0.1, -0.05) is 6.07 Å². The molecule has 0 spiro atoms. The van der Waals surface area contributed by atoms with E-state index in [0.717, 1.165) is 12.1 Å². The first-order valence-electron chi connectivity index (χ1n) is 5.65. The molecule has 0 amide bonds. The highest BCUT2D eigenvalue weighted by molar-refractivity contribution is 9.11. The maximum Gasteiger partial charge on any atom is 0.416 e. The fraction of sp³-hybridized carbons (Fsp3) is 0.0714. The van der Waals surface area contributed by atoms with Gasteiger partial charge in [-0.15, -0.1) is 0 Å². The number of rotatable bonds is 2. The molecule has 2 rings (SSSR count). The molecule has 0 unspecified atom stereocenters. The minimum absolute atomic E-state index is 0.236. The van der Waals surface area contributed by atoms with Crippen molar-refractivity contribution in [1.29, 1.82) is 5.26 Å². The zero-order valence-corrected chi connectivity index (χ0v) is 13.5. The molecule has 108 valence electrons. The molecule has 0 aromatic heterocycles. The number of hydrogen-bond donors (Lipinski definition) is 1. The normalized spacial score (nSPS) is 11.0. The van der Waals surface area contributed by atoms with Crippen LogP contribution < -0.4 is 5.32 Å². The number of alkyl halides is 3. The molecule has 0 aliphatic rings.